The van der Waals surface area contributed by atoms with Crippen LogP contribution in [0, 0.1) is 24.1 Å². The molecular weight excluding hydrogens is 239 g/mol. The summed E-state index contributed by atoms with van der Waals surface area (Å²) in [5, 5.41) is 10.6. The lowest BCUT2D eigenvalue weighted by atomic mass is 9.95. The van der Waals surface area contributed by atoms with Crippen molar-refractivity contribution in [3.05, 3.63) is 40.7 Å². The van der Waals surface area contributed by atoms with Crippen molar-refractivity contribution in [3.63, 3.8) is 0 Å². The van der Waals surface area contributed by atoms with Crippen LogP contribution in [0.3, 0.4) is 0 Å². The Balaban J connectivity index is 0.000000861. The van der Waals surface area contributed by atoms with Gasteiger partial charge in [0.25, 0.3) is 0 Å². The summed E-state index contributed by atoms with van der Waals surface area (Å²) in [6.07, 6.45) is 0.721. The summed E-state index contributed by atoms with van der Waals surface area (Å²) in [5.74, 6) is -0.431. The van der Waals surface area contributed by atoms with Gasteiger partial charge >= 0.3 is 0 Å². The minimum atomic E-state index is -0.431. The van der Waals surface area contributed by atoms with E-state index in [-0.39, 0.29) is 5.56 Å². The summed E-state index contributed by atoms with van der Waals surface area (Å²) in [4.78, 5) is 0. The van der Waals surface area contributed by atoms with E-state index in [2.05, 4.69) is 0 Å². The zero-order valence-electron chi connectivity index (χ0n) is 11.8. The van der Waals surface area contributed by atoms with Crippen LogP contribution in [0.1, 0.15) is 37.5 Å². The molecule has 0 saturated carbocycles. The fourth-order valence-electron chi connectivity index (χ4n) is 2.16. The molecule has 3 heteroatoms. The Morgan fingerprint density at radius 2 is 1.89 bits per heavy atom. The van der Waals surface area contributed by atoms with E-state index in [0.717, 1.165) is 17.4 Å². The number of fused-ring (bicyclic) bond motifs is 1. The third-order valence-electron chi connectivity index (χ3n) is 2.95. The molecule has 0 bridgehead atoms. The summed E-state index contributed by atoms with van der Waals surface area (Å²) < 4.78 is 13.9. The highest BCUT2D eigenvalue weighted by molar-refractivity contribution is 5.94. The zero-order chi connectivity index (χ0) is 14.6. The molecular formula is C16H19FN2. The van der Waals surface area contributed by atoms with Crippen LogP contribution in [0.15, 0.2) is 18.2 Å². The van der Waals surface area contributed by atoms with Crippen LogP contribution < -0.4 is 5.73 Å². The molecule has 100 valence electrons. The van der Waals surface area contributed by atoms with Crippen LogP contribution in [0.5, 0.6) is 0 Å². The Morgan fingerprint density at radius 1 is 1.26 bits per heavy atom. The summed E-state index contributed by atoms with van der Waals surface area (Å²) in [7, 11) is 0. The molecule has 2 aromatic carbocycles. The number of benzene rings is 2. The monoisotopic (exact) mass is 258 g/mol. The standard InChI is InChI=1S/C14H13FN2.C2H6/c1-3-9-5-11(17)6-10-4-8(2)14(15)12(7-16)13(9)10;1-2/h4-6H,3,17H2,1-2H3;1-2H3. The third kappa shape index (κ3) is 2.68. The topological polar surface area (TPSA) is 49.8 Å². The molecule has 0 unspecified atom stereocenters. The van der Waals surface area contributed by atoms with E-state index in [1.165, 1.54) is 0 Å². The molecule has 0 aliphatic rings. The predicted molar refractivity (Wildman–Crippen MR) is 78.5 cm³/mol. The number of nitrogens with zero attached hydrogens (tertiary/aromatic N) is 1. The number of nitrogen functional groups attached to an aromatic ring is 1. The molecule has 0 atom stereocenters. The molecule has 0 aromatic heterocycles. The highest BCUT2D eigenvalue weighted by Gasteiger charge is 2.13. The lowest BCUT2D eigenvalue weighted by Gasteiger charge is -2.10. The van der Waals surface area contributed by atoms with E-state index in [9.17, 15) is 4.39 Å². The lowest BCUT2D eigenvalue weighted by molar-refractivity contribution is 0.617. The van der Waals surface area contributed by atoms with Gasteiger partial charge in [0, 0.05) is 11.1 Å². The largest absolute Gasteiger partial charge is 0.399 e. The number of aryl methyl sites for hydroxylation is 2. The maximum atomic E-state index is 13.9. The van der Waals surface area contributed by atoms with Gasteiger partial charge in [-0.05, 0) is 48.1 Å². The van der Waals surface area contributed by atoms with Gasteiger partial charge in [-0.1, -0.05) is 20.8 Å². The first-order valence-electron chi connectivity index (χ1n) is 6.49. The number of nitrogens with two attached hydrogens (primary N) is 1. The molecule has 2 N–H and O–H groups in total. The number of hydrogen-bond acceptors (Lipinski definition) is 2. The fourth-order valence-corrected chi connectivity index (χ4v) is 2.16. The molecule has 0 spiro atoms. The van der Waals surface area contributed by atoms with Crippen LogP contribution in [0.4, 0.5) is 10.1 Å². The highest BCUT2D eigenvalue weighted by atomic mass is 19.1. The average Bonchev–Trinajstić information content (AvgIpc) is 2.42. The van der Waals surface area contributed by atoms with Gasteiger partial charge in [-0.15, -0.1) is 0 Å². The molecule has 0 saturated heterocycles. The smallest absolute Gasteiger partial charge is 0.144 e. The first kappa shape index (κ1) is 15.0. The van der Waals surface area contributed by atoms with Gasteiger partial charge < -0.3 is 5.73 Å². The van der Waals surface area contributed by atoms with E-state index < -0.39 is 5.82 Å². The molecule has 2 nitrogen and oxygen atoms in total. The molecule has 19 heavy (non-hydrogen) atoms. The van der Waals surface area contributed by atoms with E-state index in [1.54, 1.807) is 25.1 Å². The molecule has 0 heterocycles. The predicted octanol–water partition coefficient (Wildman–Crippen LogP) is 4.33. The van der Waals surface area contributed by atoms with Crippen LogP contribution >= 0.6 is 0 Å². The minimum Gasteiger partial charge on any atom is -0.399 e. The first-order valence-corrected chi connectivity index (χ1v) is 6.49. The van der Waals surface area contributed by atoms with Gasteiger partial charge in [0.05, 0.1) is 5.56 Å². The maximum absolute atomic E-state index is 13.9. The van der Waals surface area contributed by atoms with Crippen LogP contribution in [-0.4, -0.2) is 0 Å². The van der Waals surface area contributed by atoms with Crippen LogP contribution in [-0.2, 0) is 6.42 Å². The Hall–Kier alpha value is -2.08. The van der Waals surface area contributed by atoms with Gasteiger partial charge in [-0.3, -0.25) is 0 Å². The number of rotatable bonds is 1. The Kier molecular flexibility index (Phi) is 4.88. The van der Waals surface area contributed by atoms with E-state index >= 15 is 0 Å². The van der Waals surface area contributed by atoms with Gasteiger partial charge in [0.2, 0.25) is 0 Å². The Morgan fingerprint density at radius 3 is 2.42 bits per heavy atom. The van der Waals surface area contributed by atoms with Crippen molar-refractivity contribution in [1.82, 2.24) is 0 Å². The van der Waals surface area contributed by atoms with Gasteiger partial charge in [0.1, 0.15) is 11.9 Å². The third-order valence-corrected chi connectivity index (χ3v) is 2.95. The number of halogens is 1. The zero-order valence-corrected chi connectivity index (χ0v) is 11.8. The summed E-state index contributed by atoms with van der Waals surface area (Å²) >= 11 is 0. The van der Waals surface area contributed by atoms with Crippen molar-refractivity contribution >= 4 is 16.5 Å². The van der Waals surface area contributed by atoms with Crippen molar-refractivity contribution in [1.29, 1.82) is 5.26 Å². The van der Waals surface area contributed by atoms with E-state index in [0.29, 0.717) is 16.6 Å². The van der Waals surface area contributed by atoms with Gasteiger partial charge in [0.15, 0.2) is 0 Å². The second-order valence-electron chi connectivity index (χ2n) is 4.13. The van der Waals surface area contributed by atoms with Crippen molar-refractivity contribution in [2.24, 2.45) is 0 Å². The van der Waals surface area contributed by atoms with Crippen LogP contribution in [0.2, 0.25) is 0 Å². The maximum Gasteiger partial charge on any atom is 0.144 e. The summed E-state index contributed by atoms with van der Waals surface area (Å²) in [6.45, 7) is 7.62. The van der Waals surface area contributed by atoms with E-state index in [1.807, 2.05) is 26.8 Å². The number of nitriles is 1. The molecule has 0 amide bonds. The first-order chi connectivity index (χ1) is 9.08. The quantitative estimate of drug-likeness (QED) is 0.774. The number of hydrogen-bond donors (Lipinski definition) is 1. The lowest BCUT2D eigenvalue weighted by Crippen LogP contribution is -1.97. The van der Waals surface area contributed by atoms with Crippen molar-refractivity contribution in [3.8, 4) is 6.07 Å². The highest BCUT2D eigenvalue weighted by Crippen LogP contribution is 2.29. The Bertz CT molecular complexity index is 639. The summed E-state index contributed by atoms with van der Waals surface area (Å²) in [6, 6.07) is 7.28. The summed E-state index contributed by atoms with van der Waals surface area (Å²) in [5.41, 5.74) is 7.95. The molecule has 2 rings (SSSR count). The average molecular weight is 258 g/mol. The van der Waals surface area contributed by atoms with Crippen molar-refractivity contribution in [2.45, 2.75) is 34.1 Å². The van der Waals surface area contributed by atoms with Crippen LogP contribution in [0.25, 0.3) is 10.8 Å². The molecule has 0 fully saturated rings. The number of anilines is 1. The fraction of sp³-hybridized carbons (Fsp3) is 0.312. The van der Waals surface area contributed by atoms with E-state index in [4.69, 9.17) is 11.0 Å². The molecule has 0 aliphatic carbocycles. The van der Waals surface area contributed by atoms with Gasteiger partial charge in [-0.2, -0.15) is 5.26 Å². The minimum absolute atomic E-state index is 0.122. The molecule has 0 aliphatic heterocycles. The normalized spacial score (nSPS) is 9.68. The Labute approximate surface area is 113 Å². The van der Waals surface area contributed by atoms with Crippen molar-refractivity contribution in [2.75, 3.05) is 5.73 Å². The molecule has 0 radical (unpaired) electrons. The molecule has 2 aromatic rings. The second-order valence-corrected chi connectivity index (χ2v) is 4.13. The van der Waals surface area contributed by atoms with Crippen molar-refractivity contribution < 1.29 is 4.39 Å². The van der Waals surface area contributed by atoms with Gasteiger partial charge in [-0.25, -0.2) is 4.39 Å². The SMILES string of the molecule is CC.CCc1cc(N)cc2cc(C)c(F)c(C#N)c12. The second kappa shape index (κ2) is 6.19.